The SMILES string of the molecule is COc1ccc(COC/C=C(\C)[C@@H](O[Si](C)(C)C(C)(C)C)[C@@H](C)/C=C\C=C/[C@@H]2OC(C)(C)O[C@@H]([C@@H](C)/C(C)=C/CCCOC(=O)C(C)(C)C)[C@H]2C)cc1. The van der Waals surface area contributed by atoms with Crippen LogP contribution in [0.5, 0.6) is 5.75 Å². The Hall–Kier alpha value is -2.49. The molecule has 0 aliphatic carbocycles. The number of carbonyl (C=O) groups is 1. The van der Waals surface area contributed by atoms with E-state index in [2.05, 4.69) is 105 Å². The zero-order valence-electron chi connectivity index (χ0n) is 36.1. The third-order valence-electron chi connectivity index (χ3n) is 10.7. The first-order chi connectivity index (χ1) is 24.5. The Kier molecular flexibility index (Phi) is 18.0. The van der Waals surface area contributed by atoms with E-state index in [1.165, 1.54) is 11.1 Å². The molecular weight excluding hydrogens is 681 g/mol. The van der Waals surface area contributed by atoms with Gasteiger partial charge in [0.25, 0.3) is 0 Å². The second-order valence-electron chi connectivity index (χ2n) is 17.9. The number of allylic oxidation sites excluding steroid dienone is 3. The quantitative estimate of drug-likeness (QED) is 0.0486. The standard InChI is InChI=1S/C45H74O7Si/c1-32(21-19-20-29-49-42(46)43(6,7)8)35(4)41-36(5)39(50-45(12,13)51-41)23-18-17-22-33(2)40(52-53(15,16)44(9,10)11)34(3)28-30-48-31-37-24-26-38(47-14)27-25-37/h17-18,21-28,33,35-36,39-41H,19-20,29-31H2,1-16H3/b22-17-,23-18-,32-21+,34-28+/t33-,35-,36-,39-,40-,41-/m0/s1. The van der Waals surface area contributed by atoms with Gasteiger partial charge in [-0.3, -0.25) is 4.79 Å². The minimum atomic E-state index is -2.06. The fourth-order valence-electron chi connectivity index (χ4n) is 5.92. The highest BCUT2D eigenvalue weighted by Gasteiger charge is 2.43. The van der Waals surface area contributed by atoms with Crippen LogP contribution < -0.4 is 4.74 Å². The van der Waals surface area contributed by atoms with Crippen molar-refractivity contribution in [3.63, 3.8) is 0 Å². The summed E-state index contributed by atoms with van der Waals surface area (Å²) in [6, 6.07) is 7.98. The molecule has 0 amide bonds. The van der Waals surface area contributed by atoms with Crippen LogP contribution in [0.25, 0.3) is 0 Å². The van der Waals surface area contributed by atoms with Gasteiger partial charge in [-0.25, -0.2) is 0 Å². The van der Waals surface area contributed by atoms with Gasteiger partial charge in [-0.05, 0) is 103 Å². The monoisotopic (exact) mass is 755 g/mol. The fraction of sp³-hybridized carbons (Fsp3) is 0.667. The lowest BCUT2D eigenvalue weighted by Crippen LogP contribution is -2.51. The molecule has 1 aliphatic heterocycles. The normalized spacial score (nSPS) is 22.2. The van der Waals surface area contributed by atoms with Gasteiger partial charge in [0, 0.05) is 17.8 Å². The fourth-order valence-corrected chi connectivity index (χ4v) is 7.31. The number of rotatable bonds is 18. The molecule has 6 atom stereocenters. The summed E-state index contributed by atoms with van der Waals surface area (Å²) in [6.45, 7) is 33.6. The van der Waals surface area contributed by atoms with Crippen LogP contribution in [0.2, 0.25) is 18.1 Å². The summed E-state index contributed by atoms with van der Waals surface area (Å²) in [7, 11) is -0.384. The molecule has 1 aliphatic rings. The molecule has 0 saturated carbocycles. The predicted molar refractivity (Wildman–Crippen MR) is 221 cm³/mol. The van der Waals surface area contributed by atoms with E-state index in [-0.39, 0.29) is 47.1 Å². The van der Waals surface area contributed by atoms with Crippen LogP contribution in [-0.4, -0.2) is 58.7 Å². The van der Waals surface area contributed by atoms with E-state index in [9.17, 15) is 4.79 Å². The summed E-state index contributed by atoms with van der Waals surface area (Å²) in [5.74, 6) is 0.477. The molecule has 1 fully saturated rings. The van der Waals surface area contributed by atoms with Crippen molar-refractivity contribution in [2.45, 2.75) is 152 Å². The number of esters is 1. The predicted octanol–water partition coefficient (Wildman–Crippen LogP) is 11.4. The summed E-state index contributed by atoms with van der Waals surface area (Å²) >= 11 is 0. The summed E-state index contributed by atoms with van der Waals surface area (Å²) in [5.41, 5.74) is 3.09. The third-order valence-corrected chi connectivity index (χ3v) is 15.1. The van der Waals surface area contributed by atoms with Crippen LogP contribution in [0.1, 0.15) is 108 Å². The van der Waals surface area contributed by atoms with Crippen LogP contribution >= 0.6 is 0 Å². The zero-order chi connectivity index (χ0) is 40.2. The number of hydrogen-bond donors (Lipinski definition) is 0. The smallest absolute Gasteiger partial charge is 0.311 e. The van der Waals surface area contributed by atoms with E-state index >= 15 is 0 Å². The van der Waals surface area contributed by atoms with Crippen molar-refractivity contribution in [1.29, 1.82) is 0 Å². The van der Waals surface area contributed by atoms with Gasteiger partial charge in [-0.1, -0.05) is 95.7 Å². The molecule has 53 heavy (non-hydrogen) atoms. The molecule has 1 aromatic carbocycles. The van der Waals surface area contributed by atoms with Crippen LogP contribution in [0.4, 0.5) is 0 Å². The van der Waals surface area contributed by atoms with E-state index in [4.69, 9.17) is 28.1 Å². The summed E-state index contributed by atoms with van der Waals surface area (Å²) in [4.78, 5) is 12.1. The molecular formula is C45H74O7Si. The van der Waals surface area contributed by atoms with Gasteiger partial charge in [-0.2, -0.15) is 0 Å². The van der Waals surface area contributed by atoms with Gasteiger partial charge >= 0.3 is 5.97 Å². The number of benzene rings is 1. The minimum absolute atomic E-state index is 0.00614. The molecule has 8 heteroatoms. The van der Waals surface area contributed by atoms with Gasteiger partial charge in [-0.15, -0.1) is 0 Å². The molecule has 0 radical (unpaired) electrons. The Balaban J connectivity index is 2.11. The molecule has 7 nitrogen and oxygen atoms in total. The second-order valence-corrected chi connectivity index (χ2v) is 22.7. The lowest BCUT2D eigenvalue weighted by Gasteiger charge is -2.46. The number of carbonyl (C=O) groups excluding carboxylic acids is 1. The Morgan fingerprint density at radius 2 is 1.60 bits per heavy atom. The summed E-state index contributed by atoms with van der Waals surface area (Å²) in [6.07, 6.45) is 14.6. The first-order valence-corrected chi connectivity index (χ1v) is 22.5. The molecule has 2 rings (SSSR count). The first-order valence-electron chi connectivity index (χ1n) is 19.6. The maximum absolute atomic E-state index is 12.1. The summed E-state index contributed by atoms with van der Waals surface area (Å²) in [5, 5.41) is 0.0885. The van der Waals surface area contributed by atoms with Crippen molar-refractivity contribution < 1.29 is 32.9 Å². The lowest BCUT2D eigenvalue weighted by molar-refractivity contribution is -0.315. The minimum Gasteiger partial charge on any atom is -0.497 e. The molecule has 1 heterocycles. The van der Waals surface area contributed by atoms with Gasteiger partial charge in [0.2, 0.25) is 0 Å². The van der Waals surface area contributed by atoms with Crippen LogP contribution in [0.15, 0.2) is 71.9 Å². The molecule has 0 bridgehead atoms. The third kappa shape index (κ3) is 15.3. The van der Waals surface area contributed by atoms with Crippen molar-refractivity contribution in [3.8, 4) is 5.75 Å². The van der Waals surface area contributed by atoms with Crippen LogP contribution in [0.3, 0.4) is 0 Å². The average Bonchev–Trinajstić information content (AvgIpc) is 3.07. The largest absolute Gasteiger partial charge is 0.497 e. The van der Waals surface area contributed by atoms with Crippen molar-refractivity contribution in [2.75, 3.05) is 20.3 Å². The Bertz CT molecular complexity index is 1390. The van der Waals surface area contributed by atoms with E-state index in [0.717, 1.165) is 24.2 Å². The van der Waals surface area contributed by atoms with E-state index in [1.54, 1.807) is 7.11 Å². The van der Waals surface area contributed by atoms with Gasteiger partial charge in [0.05, 0.1) is 50.7 Å². The maximum Gasteiger partial charge on any atom is 0.311 e. The van der Waals surface area contributed by atoms with Gasteiger partial charge in [0.1, 0.15) is 5.75 Å². The van der Waals surface area contributed by atoms with Crippen molar-refractivity contribution in [2.24, 2.45) is 23.2 Å². The highest BCUT2D eigenvalue weighted by atomic mass is 28.4. The van der Waals surface area contributed by atoms with Crippen molar-refractivity contribution in [1.82, 2.24) is 0 Å². The molecule has 0 unspecified atom stereocenters. The number of ether oxygens (including phenoxy) is 5. The molecule has 0 spiro atoms. The van der Waals surface area contributed by atoms with Crippen LogP contribution in [-0.2, 0) is 34.8 Å². The van der Waals surface area contributed by atoms with Gasteiger partial charge in [0.15, 0.2) is 14.1 Å². The van der Waals surface area contributed by atoms with Crippen molar-refractivity contribution in [3.05, 3.63) is 77.4 Å². The molecule has 0 aromatic heterocycles. The summed E-state index contributed by atoms with van der Waals surface area (Å²) < 4.78 is 36.8. The Labute approximate surface area is 324 Å². The zero-order valence-corrected chi connectivity index (χ0v) is 37.1. The van der Waals surface area contributed by atoms with Crippen LogP contribution in [0, 0.1) is 23.2 Å². The number of hydrogen-bond acceptors (Lipinski definition) is 7. The highest BCUT2D eigenvalue weighted by Crippen LogP contribution is 2.40. The molecule has 1 aromatic rings. The number of methoxy groups -OCH3 is 1. The van der Waals surface area contributed by atoms with E-state index in [0.29, 0.717) is 19.8 Å². The topological polar surface area (TPSA) is 72.5 Å². The van der Waals surface area contributed by atoms with Crippen molar-refractivity contribution >= 4 is 14.3 Å². The average molecular weight is 755 g/mol. The Morgan fingerprint density at radius 3 is 2.19 bits per heavy atom. The van der Waals surface area contributed by atoms with E-state index < -0.39 is 19.5 Å². The Morgan fingerprint density at radius 1 is 0.962 bits per heavy atom. The molecule has 0 N–H and O–H groups in total. The first kappa shape index (κ1) is 46.7. The molecule has 300 valence electrons. The van der Waals surface area contributed by atoms with Gasteiger partial charge < -0.3 is 28.1 Å². The number of unbranched alkanes of at least 4 members (excludes halogenated alkanes) is 1. The highest BCUT2D eigenvalue weighted by molar-refractivity contribution is 6.74. The van der Waals surface area contributed by atoms with E-state index in [1.807, 2.05) is 58.9 Å². The second kappa shape index (κ2) is 20.4. The lowest BCUT2D eigenvalue weighted by atomic mass is 9.83. The maximum atomic E-state index is 12.1. The molecule has 1 saturated heterocycles.